The first kappa shape index (κ1) is 28.6. The molecule has 4 heteroatoms. The number of fused-ring (bicyclic) bond motifs is 5. The molecule has 9 atom stereocenters. The number of hydrogen-bond donors (Lipinski definition) is 2. The number of hydrogen-bond acceptors (Lipinski definition) is 4. The third kappa shape index (κ3) is 5.26. The van der Waals surface area contributed by atoms with Crippen LogP contribution in [0.3, 0.4) is 0 Å². The standard InChI is InChI=1S/C35H54N2O2/c1-6-35-17-15-31-29(32(35)13-12-30(35)23(4)9-7-8-22(2)3)11-10-25-20-28(14-16-34(25,31)5)39-33(38)24-18-26(36)21-27(37)19-24/h8,18-19,21,23,25,28-32H,6-7,9-17,20,36-37H2,1-5H3. The second-order valence-corrected chi connectivity index (χ2v) is 14.5. The van der Waals surface area contributed by atoms with E-state index >= 15 is 0 Å². The molecule has 0 radical (unpaired) electrons. The van der Waals surface area contributed by atoms with Crippen LogP contribution in [0.5, 0.6) is 0 Å². The monoisotopic (exact) mass is 534 g/mol. The number of anilines is 2. The molecule has 4 aliphatic carbocycles. The molecular formula is C35H54N2O2. The summed E-state index contributed by atoms with van der Waals surface area (Å²) < 4.78 is 6.05. The second-order valence-electron chi connectivity index (χ2n) is 14.5. The summed E-state index contributed by atoms with van der Waals surface area (Å²) in [7, 11) is 0. The first-order valence-corrected chi connectivity index (χ1v) is 16.1. The first-order valence-electron chi connectivity index (χ1n) is 16.1. The lowest BCUT2D eigenvalue weighted by molar-refractivity contribution is -0.135. The third-order valence-corrected chi connectivity index (χ3v) is 12.4. The fourth-order valence-corrected chi connectivity index (χ4v) is 10.6. The molecule has 1 aromatic carbocycles. The topological polar surface area (TPSA) is 78.3 Å². The molecule has 1 aromatic rings. The summed E-state index contributed by atoms with van der Waals surface area (Å²) >= 11 is 0. The predicted molar refractivity (Wildman–Crippen MR) is 162 cm³/mol. The van der Waals surface area contributed by atoms with Crippen LogP contribution in [-0.4, -0.2) is 12.1 Å². The van der Waals surface area contributed by atoms with Crippen LogP contribution in [0.4, 0.5) is 11.4 Å². The maximum atomic E-state index is 12.9. The molecule has 0 bridgehead atoms. The van der Waals surface area contributed by atoms with Gasteiger partial charge >= 0.3 is 5.97 Å². The van der Waals surface area contributed by atoms with Gasteiger partial charge in [0.15, 0.2) is 0 Å². The largest absolute Gasteiger partial charge is 0.459 e. The summed E-state index contributed by atoms with van der Waals surface area (Å²) in [4.78, 5) is 12.9. The normalized spacial score (nSPS) is 38.2. The van der Waals surface area contributed by atoms with E-state index in [4.69, 9.17) is 16.2 Å². The van der Waals surface area contributed by atoms with Crippen LogP contribution >= 0.6 is 0 Å². The molecule has 9 unspecified atom stereocenters. The van der Waals surface area contributed by atoms with Gasteiger partial charge in [-0.1, -0.05) is 32.4 Å². The van der Waals surface area contributed by atoms with Crippen molar-refractivity contribution in [2.24, 2.45) is 46.3 Å². The van der Waals surface area contributed by atoms with Gasteiger partial charge < -0.3 is 16.2 Å². The van der Waals surface area contributed by atoms with E-state index in [-0.39, 0.29) is 12.1 Å². The lowest BCUT2D eigenvalue weighted by Crippen LogP contribution is -2.55. The molecule has 4 nitrogen and oxygen atoms in total. The highest BCUT2D eigenvalue weighted by atomic mass is 16.5. The van der Waals surface area contributed by atoms with Gasteiger partial charge in [0.1, 0.15) is 6.10 Å². The van der Waals surface area contributed by atoms with Gasteiger partial charge in [0.25, 0.3) is 0 Å². The van der Waals surface area contributed by atoms with E-state index in [1.54, 1.807) is 18.2 Å². The summed E-state index contributed by atoms with van der Waals surface area (Å²) in [5.74, 6) is 4.76. The molecule has 4 N–H and O–H groups in total. The average Bonchev–Trinajstić information content (AvgIpc) is 3.28. The van der Waals surface area contributed by atoms with Crippen molar-refractivity contribution in [2.45, 2.75) is 118 Å². The lowest BCUT2D eigenvalue weighted by atomic mass is 9.43. The fraction of sp³-hybridized carbons (Fsp3) is 0.743. The average molecular weight is 535 g/mol. The zero-order valence-corrected chi connectivity index (χ0v) is 25.3. The summed E-state index contributed by atoms with van der Waals surface area (Å²) in [5.41, 5.74) is 15.7. The molecule has 4 saturated carbocycles. The molecule has 0 spiro atoms. The third-order valence-electron chi connectivity index (χ3n) is 12.4. The van der Waals surface area contributed by atoms with E-state index < -0.39 is 0 Å². The van der Waals surface area contributed by atoms with Crippen molar-refractivity contribution in [1.82, 2.24) is 0 Å². The van der Waals surface area contributed by atoms with Crippen LogP contribution in [0.25, 0.3) is 0 Å². The Morgan fingerprint density at radius 1 is 1.03 bits per heavy atom. The Balaban J connectivity index is 1.25. The Labute approximate surface area is 237 Å². The fourth-order valence-electron chi connectivity index (χ4n) is 10.6. The second kappa shape index (κ2) is 11.1. The number of nitrogens with two attached hydrogens (primary N) is 2. The Bertz CT molecular complexity index is 1060. The van der Waals surface area contributed by atoms with E-state index in [9.17, 15) is 4.79 Å². The molecule has 0 aromatic heterocycles. The van der Waals surface area contributed by atoms with E-state index in [0.717, 1.165) is 42.4 Å². The highest BCUT2D eigenvalue weighted by molar-refractivity contribution is 5.91. The highest BCUT2D eigenvalue weighted by Gasteiger charge is 2.61. The molecule has 216 valence electrons. The molecule has 4 fully saturated rings. The maximum Gasteiger partial charge on any atom is 0.338 e. The van der Waals surface area contributed by atoms with E-state index in [1.807, 2.05) is 0 Å². The molecule has 0 saturated heterocycles. The number of ether oxygens (including phenoxy) is 1. The van der Waals surface area contributed by atoms with Crippen LogP contribution < -0.4 is 11.5 Å². The van der Waals surface area contributed by atoms with Gasteiger partial charge in [-0.05, 0) is 155 Å². The van der Waals surface area contributed by atoms with Crippen LogP contribution in [-0.2, 0) is 4.74 Å². The number of nitrogen functional groups attached to an aromatic ring is 2. The molecular weight excluding hydrogens is 480 g/mol. The number of carbonyl (C=O) groups excluding carboxylic acids is 1. The molecule has 5 rings (SSSR count). The van der Waals surface area contributed by atoms with Gasteiger partial charge in [-0.15, -0.1) is 0 Å². The van der Waals surface area contributed by atoms with Gasteiger partial charge in [0, 0.05) is 11.4 Å². The van der Waals surface area contributed by atoms with E-state index in [2.05, 4.69) is 40.7 Å². The van der Waals surface area contributed by atoms with Crippen molar-refractivity contribution in [2.75, 3.05) is 11.5 Å². The van der Waals surface area contributed by atoms with Crippen molar-refractivity contribution in [3.8, 4) is 0 Å². The van der Waals surface area contributed by atoms with Gasteiger partial charge in [0.05, 0.1) is 5.56 Å². The Morgan fingerprint density at radius 3 is 2.46 bits per heavy atom. The van der Waals surface area contributed by atoms with Crippen molar-refractivity contribution < 1.29 is 9.53 Å². The molecule has 39 heavy (non-hydrogen) atoms. The van der Waals surface area contributed by atoms with Crippen LogP contribution in [0.2, 0.25) is 0 Å². The zero-order valence-electron chi connectivity index (χ0n) is 25.3. The summed E-state index contributed by atoms with van der Waals surface area (Å²) in [6, 6.07) is 5.03. The van der Waals surface area contributed by atoms with Crippen LogP contribution in [0.15, 0.2) is 29.8 Å². The zero-order chi connectivity index (χ0) is 27.9. The lowest BCUT2D eigenvalue weighted by Gasteiger charge is -2.62. The minimum absolute atomic E-state index is 0.00520. The van der Waals surface area contributed by atoms with Crippen molar-refractivity contribution >= 4 is 17.3 Å². The number of rotatable bonds is 7. The molecule has 4 aliphatic rings. The Hall–Kier alpha value is -1.97. The van der Waals surface area contributed by atoms with Crippen molar-refractivity contribution in [1.29, 1.82) is 0 Å². The van der Waals surface area contributed by atoms with Gasteiger partial charge in [0.2, 0.25) is 0 Å². The predicted octanol–water partition coefficient (Wildman–Crippen LogP) is 8.81. The number of esters is 1. The van der Waals surface area contributed by atoms with Gasteiger partial charge in [-0.3, -0.25) is 0 Å². The number of benzene rings is 1. The van der Waals surface area contributed by atoms with Crippen molar-refractivity contribution in [3.05, 3.63) is 35.4 Å². The van der Waals surface area contributed by atoms with Crippen LogP contribution in [0, 0.1) is 46.3 Å². The summed E-state index contributed by atoms with van der Waals surface area (Å²) in [6.07, 6.45) is 18.0. The minimum Gasteiger partial charge on any atom is -0.459 e. The molecule has 0 amide bonds. The van der Waals surface area contributed by atoms with Gasteiger partial charge in [-0.25, -0.2) is 4.79 Å². The Kier molecular flexibility index (Phi) is 8.15. The first-order chi connectivity index (χ1) is 18.6. The SMILES string of the molecule is CCC12CCC3C(CCC4CC(OC(=O)c5cc(N)cc(N)c5)CCC43C)C1CCC2C(C)CCC=C(C)C. The van der Waals surface area contributed by atoms with E-state index in [1.165, 1.54) is 69.8 Å². The maximum absolute atomic E-state index is 12.9. The molecule has 0 heterocycles. The minimum atomic E-state index is -0.280. The van der Waals surface area contributed by atoms with Crippen molar-refractivity contribution in [3.63, 3.8) is 0 Å². The molecule has 0 aliphatic heterocycles. The highest BCUT2D eigenvalue weighted by Crippen LogP contribution is 2.69. The Morgan fingerprint density at radius 2 is 1.77 bits per heavy atom. The van der Waals surface area contributed by atoms with E-state index in [0.29, 0.717) is 33.7 Å². The quantitative estimate of drug-likeness (QED) is 0.208. The van der Waals surface area contributed by atoms with Crippen LogP contribution in [0.1, 0.15) is 122 Å². The smallest absolute Gasteiger partial charge is 0.338 e. The number of allylic oxidation sites excluding steroid dienone is 2. The summed E-state index contributed by atoms with van der Waals surface area (Å²) in [6.45, 7) is 12.1. The summed E-state index contributed by atoms with van der Waals surface area (Å²) in [5, 5.41) is 0. The van der Waals surface area contributed by atoms with Gasteiger partial charge in [-0.2, -0.15) is 0 Å². The number of carbonyl (C=O) groups is 1.